The number of hydrogen-bond donors (Lipinski definition) is 2. The van der Waals surface area contributed by atoms with Crippen molar-refractivity contribution in [3.63, 3.8) is 0 Å². The molecule has 2 amide bonds. The first-order chi connectivity index (χ1) is 9.51. The minimum Gasteiger partial charge on any atom is -0.479 e. The van der Waals surface area contributed by atoms with E-state index in [1.807, 2.05) is 6.92 Å². The normalized spacial score (nSPS) is 27.9. The van der Waals surface area contributed by atoms with Crippen LogP contribution < -0.4 is 0 Å². The van der Waals surface area contributed by atoms with Crippen LogP contribution in [0.1, 0.15) is 45.4 Å². The van der Waals surface area contributed by atoms with Crippen LogP contribution in [0.4, 0.5) is 4.79 Å². The fourth-order valence-corrected chi connectivity index (χ4v) is 3.39. The molecule has 2 heterocycles. The van der Waals surface area contributed by atoms with Crippen molar-refractivity contribution >= 4 is 12.0 Å². The van der Waals surface area contributed by atoms with E-state index in [1.165, 1.54) is 0 Å². The molecule has 2 rings (SSSR count). The molecule has 0 aromatic carbocycles. The molecule has 1 unspecified atom stereocenters. The predicted octanol–water partition coefficient (Wildman–Crippen LogP) is 1.28. The van der Waals surface area contributed by atoms with Crippen molar-refractivity contribution in [1.82, 2.24) is 9.80 Å². The maximum atomic E-state index is 12.6. The summed E-state index contributed by atoms with van der Waals surface area (Å²) in [5.41, 5.74) is -1.03. The van der Waals surface area contributed by atoms with Gasteiger partial charge in [0.05, 0.1) is 6.10 Å². The van der Waals surface area contributed by atoms with Gasteiger partial charge in [-0.25, -0.2) is 9.59 Å². The molecule has 0 spiro atoms. The van der Waals surface area contributed by atoms with Crippen LogP contribution in [0.15, 0.2) is 0 Å². The Morgan fingerprint density at radius 1 is 1.25 bits per heavy atom. The number of amides is 2. The topological polar surface area (TPSA) is 81.1 Å². The average molecular weight is 284 g/mol. The highest BCUT2D eigenvalue weighted by atomic mass is 16.4. The number of aliphatic carboxylic acids is 1. The highest BCUT2D eigenvalue weighted by Gasteiger charge is 2.50. The van der Waals surface area contributed by atoms with E-state index in [2.05, 4.69) is 0 Å². The standard InChI is InChI=1S/C14H24N2O4/c1-2-6-14(12(18)19)7-3-8-16(14)13(20)15-9-4-11(17)5-10-15/h11,17H,2-10H2,1H3,(H,18,19). The summed E-state index contributed by atoms with van der Waals surface area (Å²) in [6.07, 6.45) is 3.35. The van der Waals surface area contributed by atoms with Crippen LogP contribution in [-0.2, 0) is 4.79 Å². The molecular formula is C14H24N2O4. The van der Waals surface area contributed by atoms with Gasteiger partial charge in [0, 0.05) is 19.6 Å². The van der Waals surface area contributed by atoms with Gasteiger partial charge in [0.2, 0.25) is 0 Å². The summed E-state index contributed by atoms with van der Waals surface area (Å²) in [5, 5.41) is 19.1. The molecule has 0 aromatic heterocycles. The first-order valence-corrected chi connectivity index (χ1v) is 7.49. The highest BCUT2D eigenvalue weighted by Crippen LogP contribution is 2.35. The molecule has 2 fully saturated rings. The second-order valence-corrected chi connectivity index (χ2v) is 5.84. The summed E-state index contributed by atoms with van der Waals surface area (Å²) in [6.45, 7) is 3.49. The van der Waals surface area contributed by atoms with Crippen LogP contribution in [0, 0.1) is 0 Å². The Hall–Kier alpha value is -1.30. The van der Waals surface area contributed by atoms with Gasteiger partial charge in [-0.3, -0.25) is 0 Å². The molecule has 1 atom stereocenters. The quantitative estimate of drug-likeness (QED) is 0.818. The lowest BCUT2D eigenvalue weighted by Crippen LogP contribution is -2.58. The summed E-state index contributed by atoms with van der Waals surface area (Å²) >= 11 is 0. The molecule has 0 bridgehead atoms. The van der Waals surface area contributed by atoms with E-state index in [0.29, 0.717) is 45.3 Å². The van der Waals surface area contributed by atoms with Gasteiger partial charge in [0.1, 0.15) is 5.54 Å². The van der Waals surface area contributed by atoms with Gasteiger partial charge in [-0.05, 0) is 32.1 Å². The number of hydrogen-bond acceptors (Lipinski definition) is 3. The first kappa shape index (κ1) is 15.1. The molecule has 2 aliphatic rings. The van der Waals surface area contributed by atoms with Gasteiger partial charge in [-0.15, -0.1) is 0 Å². The number of likely N-dealkylation sites (tertiary alicyclic amines) is 2. The molecule has 114 valence electrons. The van der Waals surface area contributed by atoms with Crippen molar-refractivity contribution in [3.05, 3.63) is 0 Å². The maximum Gasteiger partial charge on any atom is 0.329 e. The number of urea groups is 1. The Morgan fingerprint density at radius 3 is 2.45 bits per heavy atom. The van der Waals surface area contributed by atoms with Crippen LogP contribution in [0.3, 0.4) is 0 Å². The van der Waals surface area contributed by atoms with Gasteiger partial charge in [0.25, 0.3) is 0 Å². The van der Waals surface area contributed by atoms with Crippen molar-refractivity contribution < 1.29 is 19.8 Å². The third-order valence-electron chi connectivity index (χ3n) is 4.52. The SMILES string of the molecule is CCCC1(C(=O)O)CCCN1C(=O)N1CCC(O)CC1. The molecule has 2 N–H and O–H groups in total. The molecular weight excluding hydrogens is 260 g/mol. The third kappa shape index (κ3) is 2.61. The van der Waals surface area contributed by atoms with Gasteiger partial charge in [0.15, 0.2) is 0 Å². The number of piperidine rings is 1. The van der Waals surface area contributed by atoms with Gasteiger partial charge >= 0.3 is 12.0 Å². The summed E-state index contributed by atoms with van der Waals surface area (Å²) in [7, 11) is 0. The van der Waals surface area contributed by atoms with E-state index < -0.39 is 11.5 Å². The minimum atomic E-state index is -1.03. The van der Waals surface area contributed by atoms with Crippen LogP contribution in [0.5, 0.6) is 0 Å². The Bertz CT molecular complexity index is 379. The molecule has 20 heavy (non-hydrogen) atoms. The van der Waals surface area contributed by atoms with Gasteiger partial charge < -0.3 is 20.0 Å². The number of carboxylic acids is 1. The molecule has 0 aliphatic carbocycles. The third-order valence-corrected chi connectivity index (χ3v) is 4.52. The van der Waals surface area contributed by atoms with E-state index in [9.17, 15) is 19.8 Å². The molecule has 0 aromatic rings. The zero-order valence-electron chi connectivity index (χ0n) is 12.0. The monoisotopic (exact) mass is 284 g/mol. The second-order valence-electron chi connectivity index (χ2n) is 5.84. The largest absolute Gasteiger partial charge is 0.479 e. The molecule has 0 saturated carbocycles. The van der Waals surface area contributed by atoms with E-state index in [-0.39, 0.29) is 12.1 Å². The molecule has 6 heteroatoms. The number of rotatable bonds is 3. The lowest BCUT2D eigenvalue weighted by Gasteiger charge is -2.39. The Kier molecular flexibility index (Phi) is 4.52. The van der Waals surface area contributed by atoms with Crippen molar-refractivity contribution in [1.29, 1.82) is 0 Å². The van der Waals surface area contributed by atoms with E-state index in [0.717, 1.165) is 12.8 Å². The summed E-state index contributed by atoms with van der Waals surface area (Å²) in [6, 6.07) is -0.176. The van der Waals surface area contributed by atoms with Crippen molar-refractivity contribution in [2.75, 3.05) is 19.6 Å². The number of carbonyl (C=O) groups excluding carboxylic acids is 1. The van der Waals surface area contributed by atoms with Crippen molar-refractivity contribution in [3.8, 4) is 0 Å². The van der Waals surface area contributed by atoms with Gasteiger partial charge in [-0.1, -0.05) is 13.3 Å². The van der Waals surface area contributed by atoms with Gasteiger partial charge in [-0.2, -0.15) is 0 Å². The molecule has 2 aliphatic heterocycles. The number of aliphatic hydroxyl groups excluding tert-OH is 1. The molecule has 2 saturated heterocycles. The summed E-state index contributed by atoms with van der Waals surface area (Å²) in [5.74, 6) is -0.887. The van der Waals surface area contributed by atoms with E-state index in [4.69, 9.17) is 0 Å². The number of aliphatic hydroxyl groups is 1. The molecule has 6 nitrogen and oxygen atoms in total. The minimum absolute atomic E-state index is 0.176. The Morgan fingerprint density at radius 2 is 1.90 bits per heavy atom. The Labute approximate surface area is 119 Å². The highest BCUT2D eigenvalue weighted by molar-refractivity contribution is 5.87. The van der Waals surface area contributed by atoms with E-state index >= 15 is 0 Å². The smallest absolute Gasteiger partial charge is 0.329 e. The zero-order valence-corrected chi connectivity index (χ0v) is 12.0. The maximum absolute atomic E-state index is 12.6. The number of nitrogens with zero attached hydrogens (tertiary/aromatic N) is 2. The summed E-state index contributed by atoms with van der Waals surface area (Å²) in [4.78, 5) is 27.6. The van der Waals surface area contributed by atoms with Crippen molar-refractivity contribution in [2.24, 2.45) is 0 Å². The second kappa shape index (κ2) is 5.99. The zero-order chi connectivity index (χ0) is 14.8. The average Bonchev–Trinajstić information content (AvgIpc) is 2.84. The van der Waals surface area contributed by atoms with Crippen molar-refractivity contribution in [2.45, 2.75) is 57.1 Å². The predicted molar refractivity (Wildman–Crippen MR) is 73.4 cm³/mol. The lowest BCUT2D eigenvalue weighted by molar-refractivity contribution is -0.149. The summed E-state index contributed by atoms with van der Waals surface area (Å²) < 4.78 is 0. The fourth-order valence-electron chi connectivity index (χ4n) is 3.39. The lowest BCUT2D eigenvalue weighted by atomic mass is 9.91. The Balaban J connectivity index is 2.13. The number of carboxylic acid groups (broad SMARTS) is 1. The molecule has 0 radical (unpaired) electrons. The number of carbonyl (C=O) groups is 2. The van der Waals surface area contributed by atoms with E-state index in [1.54, 1.807) is 9.80 Å². The fraction of sp³-hybridized carbons (Fsp3) is 0.857. The van der Waals surface area contributed by atoms with Crippen LogP contribution in [-0.4, -0.2) is 63.3 Å². The van der Waals surface area contributed by atoms with Crippen LogP contribution in [0.2, 0.25) is 0 Å². The van der Waals surface area contributed by atoms with Crippen LogP contribution in [0.25, 0.3) is 0 Å². The van der Waals surface area contributed by atoms with Crippen LogP contribution >= 0.6 is 0 Å². The first-order valence-electron chi connectivity index (χ1n) is 7.49.